The lowest BCUT2D eigenvalue weighted by Gasteiger charge is -2.19. The van der Waals surface area contributed by atoms with E-state index in [2.05, 4.69) is 27.3 Å². The van der Waals surface area contributed by atoms with E-state index < -0.39 is 0 Å². The number of carbonyl (C=O) groups is 1. The van der Waals surface area contributed by atoms with Gasteiger partial charge in [0.1, 0.15) is 0 Å². The summed E-state index contributed by atoms with van der Waals surface area (Å²) in [4.78, 5) is 12.4. The number of amides is 1. The number of nitrogens with two attached hydrogens (primary N) is 1. The van der Waals surface area contributed by atoms with Crippen LogP contribution in [0.3, 0.4) is 0 Å². The molecule has 3 N–H and O–H groups in total. The molecule has 1 amide bonds. The van der Waals surface area contributed by atoms with Crippen LogP contribution in [-0.4, -0.2) is 5.91 Å². The molecule has 0 fully saturated rings. The molecule has 2 aromatic carbocycles. The Kier molecular flexibility index (Phi) is 3.97. The first kappa shape index (κ1) is 14.1. The van der Waals surface area contributed by atoms with Crippen molar-refractivity contribution >= 4 is 33.2 Å². The Morgan fingerprint density at radius 2 is 1.95 bits per heavy atom. The lowest BCUT2D eigenvalue weighted by molar-refractivity contribution is 0.102. The highest BCUT2D eigenvalue weighted by Gasteiger charge is 2.15. The van der Waals surface area contributed by atoms with Crippen molar-refractivity contribution in [1.29, 1.82) is 0 Å². The van der Waals surface area contributed by atoms with Gasteiger partial charge in [-0.25, -0.2) is 0 Å². The van der Waals surface area contributed by atoms with Gasteiger partial charge in [0.15, 0.2) is 0 Å². The number of anilines is 2. The Morgan fingerprint density at radius 1 is 1.14 bits per heavy atom. The lowest BCUT2D eigenvalue weighted by atomic mass is 9.90. The highest BCUT2D eigenvalue weighted by atomic mass is 79.9. The number of nitrogen functional groups attached to an aromatic ring is 1. The molecule has 21 heavy (non-hydrogen) atoms. The predicted octanol–water partition coefficient (Wildman–Crippen LogP) is 4.16. The summed E-state index contributed by atoms with van der Waals surface area (Å²) in [6.45, 7) is 0. The fraction of sp³-hybridized carbons (Fsp3) is 0.235. The van der Waals surface area contributed by atoms with Gasteiger partial charge in [-0.05, 0) is 77.0 Å². The highest BCUT2D eigenvalue weighted by molar-refractivity contribution is 9.10. The molecule has 2 aromatic rings. The minimum absolute atomic E-state index is 0.117. The van der Waals surface area contributed by atoms with Crippen LogP contribution in [-0.2, 0) is 12.8 Å². The Hall–Kier alpha value is -1.81. The molecular weight excluding hydrogens is 328 g/mol. The van der Waals surface area contributed by atoms with E-state index in [1.807, 2.05) is 12.1 Å². The molecule has 1 aliphatic carbocycles. The van der Waals surface area contributed by atoms with Crippen LogP contribution in [0, 0.1) is 0 Å². The van der Waals surface area contributed by atoms with E-state index in [4.69, 9.17) is 5.73 Å². The SMILES string of the molecule is Nc1cc(C(=O)Nc2cccc3c2CCCC3)ccc1Br. The monoisotopic (exact) mass is 344 g/mol. The third-order valence-corrected chi connectivity index (χ3v) is 4.62. The summed E-state index contributed by atoms with van der Waals surface area (Å²) in [7, 11) is 0. The largest absolute Gasteiger partial charge is 0.398 e. The number of aryl methyl sites for hydroxylation is 1. The maximum Gasteiger partial charge on any atom is 0.255 e. The first-order valence-electron chi connectivity index (χ1n) is 7.12. The van der Waals surface area contributed by atoms with Crippen molar-refractivity contribution in [3.63, 3.8) is 0 Å². The maximum atomic E-state index is 12.4. The van der Waals surface area contributed by atoms with Crippen molar-refractivity contribution in [2.75, 3.05) is 11.1 Å². The van der Waals surface area contributed by atoms with Crippen molar-refractivity contribution in [1.82, 2.24) is 0 Å². The Labute approximate surface area is 132 Å². The van der Waals surface area contributed by atoms with E-state index in [0.717, 1.165) is 23.0 Å². The minimum Gasteiger partial charge on any atom is -0.398 e. The van der Waals surface area contributed by atoms with E-state index in [9.17, 15) is 4.79 Å². The number of fused-ring (bicyclic) bond motifs is 1. The standard InChI is InChI=1S/C17H17BrN2O/c18-14-9-8-12(10-15(14)19)17(21)20-16-7-3-5-11-4-1-2-6-13(11)16/h3,5,7-10H,1-2,4,6,19H2,(H,20,21). The van der Waals surface area contributed by atoms with Crippen molar-refractivity contribution < 1.29 is 4.79 Å². The average molecular weight is 345 g/mol. The summed E-state index contributed by atoms with van der Waals surface area (Å²) >= 11 is 3.34. The number of hydrogen-bond acceptors (Lipinski definition) is 2. The van der Waals surface area contributed by atoms with Crippen LogP contribution in [0.5, 0.6) is 0 Å². The molecule has 0 saturated carbocycles. The Bertz CT molecular complexity index is 697. The number of nitrogens with one attached hydrogen (secondary N) is 1. The molecule has 108 valence electrons. The summed E-state index contributed by atoms with van der Waals surface area (Å²) < 4.78 is 0.802. The van der Waals surface area contributed by atoms with E-state index >= 15 is 0 Å². The van der Waals surface area contributed by atoms with Crippen LogP contribution in [0.2, 0.25) is 0 Å². The van der Waals surface area contributed by atoms with Gasteiger partial charge in [0, 0.05) is 21.4 Å². The second-order valence-corrected chi connectivity index (χ2v) is 6.20. The van der Waals surface area contributed by atoms with Gasteiger partial charge in [0.2, 0.25) is 0 Å². The number of benzene rings is 2. The summed E-state index contributed by atoms with van der Waals surface area (Å²) in [5, 5.41) is 3.02. The second-order valence-electron chi connectivity index (χ2n) is 5.34. The molecule has 0 atom stereocenters. The van der Waals surface area contributed by atoms with Crippen LogP contribution in [0.4, 0.5) is 11.4 Å². The van der Waals surface area contributed by atoms with Crippen molar-refractivity contribution in [3.05, 3.63) is 57.6 Å². The van der Waals surface area contributed by atoms with Crippen molar-refractivity contribution in [2.45, 2.75) is 25.7 Å². The molecule has 3 nitrogen and oxygen atoms in total. The summed E-state index contributed by atoms with van der Waals surface area (Å²) in [6.07, 6.45) is 4.55. The average Bonchev–Trinajstić information content (AvgIpc) is 2.50. The van der Waals surface area contributed by atoms with Gasteiger partial charge in [0.25, 0.3) is 5.91 Å². The molecule has 0 unspecified atom stereocenters. The normalized spacial score (nSPS) is 13.6. The summed E-state index contributed by atoms with van der Waals surface area (Å²) in [6, 6.07) is 11.4. The van der Waals surface area contributed by atoms with E-state index in [0.29, 0.717) is 11.3 Å². The predicted molar refractivity (Wildman–Crippen MR) is 89.6 cm³/mol. The first-order chi connectivity index (χ1) is 10.1. The van der Waals surface area contributed by atoms with E-state index in [-0.39, 0.29) is 5.91 Å². The number of rotatable bonds is 2. The summed E-state index contributed by atoms with van der Waals surface area (Å²) in [5.41, 5.74) is 10.5. The Morgan fingerprint density at radius 3 is 2.76 bits per heavy atom. The molecule has 0 aliphatic heterocycles. The van der Waals surface area contributed by atoms with Crippen LogP contribution >= 0.6 is 15.9 Å². The third kappa shape index (κ3) is 2.95. The van der Waals surface area contributed by atoms with Gasteiger partial charge in [0.05, 0.1) is 0 Å². The zero-order valence-electron chi connectivity index (χ0n) is 11.7. The van der Waals surface area contributed by atoms with Gasteiger partial charge >= 0.3 is 0 Å². The van der Waals surface area contributed by atoms with Gasteiger partial charge in [-0.3, -0.25) is 4.79 Å². The quantitative estimate of drug-likeness (QED) is 0.803. The van der Waals surface area contributed by atoms with Crippen LogP contribution in [0.25, 0.3) is 0 Å². The molecule has 0 saturated heterocycles. The Balaban J connectivity index is 1.86. The summed E-state index contributed by atoms with van der Waals surface area (Å²) in [5.74, 6) is -0.117. The molecular formula is C17H17BrN2O. The molecule has 0 radical (unpaired) electrons. The molecule has 4 heteroatoms. The topological polar surface area (TPSA) is 55.1 Å². The molecule has 0 spiro atoms. The zero-order valence-corrected chi connectivity index (χ0v) is 13.2. The van der Waals surface area contributed by atoms with Crippen LogP contribution in [0.15, 0.2) is 40.9 Å². The van der Waals surface area contributed by atoms with Gasteiger partial charge in [-0.15, -0.1) is 0 Å². The number of carbonyl (C=O) groups excluding carboxylic acids is 1. The zero-order chi connectivity index (χ0) is 14.8. The third-order valence-electron chi connectivity index (χ3n) is 3.90. The molecule has 0 heterocycles. The van der Waals surface area contributed by atoms with E-state index in [1.165, 1.54) is 24.0 Å². The molecule has 3 rings (SSSR count). The molecule has 0 aromatic heterocycles. The van der Waals surface area contributed by atoms with Crippen LogP contribution < -0.4 is 11.1 Å². The maximum absolute atomic E-state index is 12.4. The molecule has 1 aliphatic rings. The fourth-order valence-electron chi connectivity index (χ4n) is 2.78. The number of halogens is 1. The van der Waals surface area contributed by atoms with Crippen molar-refractivity contribution in [3.8, 4) is 0 Å². The minimum atomic E-state index is -0.117. The van der Waals surface area contributed by atoms with Gasteiger partial charge in [-0.1, -0.05) is 12.1 Å². The smallest absolute Gasteiger partial charge is 0.255 e. The lowest BCUT2D eigenvalue weighted by Crippen LogP contribution is -2.15. The highest BCUT2D eigenvalue weighted by Crippen LogP contribution is 2.28. The van der Waals surface area contributed by atoms with Crippen molar-refractivity contribution in [2.24, 2.45) is 0 Å². The number of hydrogen-bond donors (Lipinski definition) is 2. The molecule has 0 bridgehead atoms. The second kappa shape index (κ2) is 5.90. The van der Waals surface area contributed by atoms with E-state index in [1.54, 1.807) is 18.2 Å². The van der Waals surface area contributed by atoms with Crippen LogP contribution in [0.1, 0.15) is 34.3 Å². The van der Waals surface area contributed by atoms with Gasteiger partial charge < -0.3 is 11.1 Å². The van der Waals surface area contributed by atoms with Gasteiger partial charge in [-0.2, -0.15) is 0 Å². The first-order valence-corrected chi connectivity index (χ1v) is 7.91. The fourth-order valence-corrected chi connectivity index (χ4v) is 3.02.